The van der Waals surface area contributed by atoms with E-state index in [0.717, 1.165) is 5.56 Å². The van der Waals surface area contributed by atoms with Crippen molar-refractivity contribution in [2.45, 2.75) is 19.4 Å². The standard InChI is InChI=1S/C20H21N3O3/c1-14(24)16-8-5-9-17(12-16)22-20(26)23-11-10-21-19(25)13-18(23)15-6-3-2-4-7-15/h2-9,12,18H,10-11,13H2,1H3,(H,21,25)(H,22,26)/t18-/m0/s1. The van der Waals surface area contributed by atoms with Gasteiger partial charge in [0, 0.05) is 24.3 Å². The van der Waals surface area contributed by atoms with Crippen LogP contribution in [0.4, 0.5) is 10.5 Å². The SMILES string of the molecule is CC(=O)c1cccc(NC(=O)N2CCNC(=O)C[C@H]2c2ccccc2)c1. The third-order valence-electron chi connectivity index (χ3n) is 4.40. The zero-order chi connectivity index (χ0) is 18.5. The van der Waals surface area contributed by atoms with Gasteiger partial charge < -0.3 is 15.5 Å². The Hall–Kier alpha value is -3.15. The van der Waals surface area contributed by atoms with E-state index >= 15 is 0 Å². The molecule has 0 radical (unpaired) electrons. The van der Waals surface area contributed by atoms with E-state index in [2.05, 4.69) is 10.6 Å². The zero-order valence-electron chi connectivity index (χ0n) is 14.6. The van der Waals surface area contributed by atoms with Crippen molar-refractivity contribution in [2.24, 2.45) is 0 Å². The molecule has 1 aliphatic heterocycles. The highest BCUT2D eigenvalue weighted by Gasteiger charge is 2.29. The lowest BCUT2D eigenvalue weighted by atomic mass is 10.0. The van der Waals surface area contributed by atoms with Crippen molar-refractivity contribution >= 4 is 23.4 Å². The number of benzene rings is 2. The van der Waals surface area contributed by atoms with E-state index in [1.807, 2.05) is 30.3 Å². The number of anilines is 1. The fourth-order valence-corrected chi connectivity index (χ4v) is 3.06. The maximum absolute atomic E-state index is 12.9. The van der Waals surface area contributed by atoms with Crippen LogP contribution in [-0.4, -0.2) is 35.7 Å². The molecule has 0 saturated carbocycles. The van der Waals surface area contributed by atoms with Crippen LogP contribution >= 0.6 is 0 Å². The van der Waals surface area contributed by atoms with Gasteiger partial charge in [-0.05, 0) is 24.6 Å². The Kier molecular flexibility index (Phi) is 5.31. The minimum atomic E-state index is -0.338. The van der Waals surface area contributed by atoms with E-state index in [4.69, 9.17) is 0 Å². The summed E-state index contributed by atoms with van der Waals surface area (Å²) in [7, 11) is 0. The Morgan fingerprint density at radius 2 is 1.88 bits per heavy atom. The van der Waals surface area contributed by atoms with Gasteiger partial charge in [0.05, 0.1) is 12.5 Å². The van der Waals surface area contributed by atoms with Gasteiger partial charge in [-0.15, -0.1) is 0 Å². The molecule has 3 amide bonds. The Balaban J connectivity index is 1.84. The summed E-state index contributed by atoms with van der Waals surface area (Å²) in [6.07, 6.45) is 0.213. The third kappa shape index (κ3) is 4.08. The number of carbonyl (C=O) groups is 3. The average Bonchev–Trinajstić information content (AvgIpc) is 2.84. The van der Waals surface area contributed by atoms with Crippen LogP contribution in [0.2, 0.25) is 0 Å². The highest BCUT2D eigenvalue weighted by molar-refractivity contribution is 5.97. The summed E-state index contributed by atoms with van der Waals surface area (Å²) in [6.45, 7) is 2.30. The molecule has 3 rings (SSSR count). The first-order valence-corrected chi connectivity index (χ1v) is 8.55. The lowest BCUT2D eigenvalue weighted by Crippen LogP contribution is -2.39. The van der Waals surface area contributed by atoms with Crippen LogP contribution in [0.3, 0.4) is 0 Å². The minimum absolute atomic E-state index is 0.0622. The molecule has 134 valence electrons. The number of carbonyl (C=O) groups excluding carboxylic acids is 3. The first kappa shape index (κ1) is 17.7. The maximum Gasteiger partial charge on any atom is 0.322 e. The molecule has 1 atom stereocenters. The van der Waals surface area contributed by atoms with E-state index in [9.17, 15) is 14.4 Å². The Bertz CT molecular complexity index is 820. The summed E-state index contributed by atoms with van der Waals surface area (Å²) in [5.41, 5.74) is 2.00. The van der Waals surface area contributed by atoms with Crippen molar-refractivity contribution in [2.75, 3.05) is 18.4 Å². The van der Waals surface area contributed by atoms with Gasteiger partial charge >= 0.3 is 6.03 Å². The van der Waals surface area contributed by atoms with Gasteiger partial charge in [0.2, 0.25) is 5.91 Å². The highest BCUT2D eigenvalue weighted by atomic mass is 16.2. The van der Waals surface area contributed by atoms with Crippen molar-refractivity contribution < 1.29 is 14.4 Å². The summed E-state index contributed by atoms with van der Waals surface area (Å²) in [6, 6.07) is 15.7. The predicted octanol–water partition coefficient (Wildman–Crippen LogP) is 2.98. The molecule has 0 unspecified atom stereocenters. The van der Waals surface area contributed by atoms with Gasteiger partial charge in [-0.3, -0.25) is 9.59 Å². The summed E-state index contributed by atoms with van der Waals surface area (Å²) in [5, 5.41) is 5.66. The van der Waals surface area contributed by atoms with Crippen molar-refractivity contribution in [1.29, 1.82) is 0 Å². The molecule has 6 nitrogen and oxygen atoms in total. The van der Waals surface area contributed by atoms with Gasteiger partial charge in [0.1, 0.15) is 0 Å². The molecule has 26 heavy (non-hydrogen) atoms. The second-order valence-corrected chi connectivity index (χ2v) is 6.24. The summed E-state index contributed by atoms with van der Waals surface area (Å²) in [4.78, 5) is 38.1. The van der Waals surface area contributed by atoms with Crippen LogP contribution in [0.1, 0.15) is 35.3 Å². The number of rotatable bonds is 3. The summed E-state index contributed by atoms with van der Waals surface area (Å²) < 4.78 is 0. The van der Waals surface area contributed by atoms with Crippen LogP contribution in [0.15, 0.2) is 54.6 Å². The topological polar surface area (TPSA) is 78.5 Å². The fraction of sp³-hybridized carbons (Fsp3) is 0.250. The second-order valence-electron chi connectivity index (χ2n) is 6.24. The number of hydrogen-bond donors (Lipinski definition) is 2. The van der Waals surface area contributed by atoms with Gasteiger partial charge in [0.15, 0.2) is 5.78 Å². The van der Waals surface area contributed by atoms with Gasteiger partial charge in [0.25, 0.3) is 0 Å². The molecule has 2 aromatic rings. The van der Waals surface area contributed by atoms with E-state index in [1.54, 1.807) is 29.2 Å². The third-order valence-corrected chi connectivity index (χ3v) is 4.40. The summed E-state index contributed by atoms with van der Waals surface area (Å²) >= 11 is 0. The quantitative estimate of drug-likeness (QED) is 0.835. The van der Waals surface area contributed by atoms with E-state index < -0.39 is 0 Å². The Labute approximate surface area is 152 Å². The van der Waals surface area contributed by atoms with Crippen LogP contribution < -0.4 is 10.6 Å². The Morgan fingerprint density at radius 1 is 1.12 bits per heavy atom. The van der Waals surface area contributed by atoms with Crippen LogP contribution in [-0.2, 0) is 4.79 Å². The molecule has 6 heteroatoms. The number of nitrogens with zero attached hydrogens (tertiary/aromatic N) is 1. The average molecular weight is 351 g/mol. The normalized spacial score (nSPS) is 17.2. The highest BCUT2D eigenvalue weighted by Crippen LogP contribution is 2.26. The molecular weight excluding hydrogens is 330 g/mol. The molecule has 1 aliphatic rings. The predicted molar refractivity (Wildman–Crippen MR) is 99.0 cm³/mol. The molecule has 0 spiro atoms. The van der Waals surface area contributed by atoms with Gasteiger partial charge in [-0.25, -0.2) is 4.79 Å². The molecular formula is C20H21N3O3. The lowest BCUT2D eigenvalue weighted by molar-refractivity contribution is -0.121. The van der Waals surface area contributed by atoms with Crippen LogP contribution in [0, 0.1) is 0 Å². The van der Waals surface area contributed by atoms with E-state index in [1.165, 1.54) is 6.92 Å². The van der Waals surface area contributed by atoms with Crippen LogP contribution in [0.25, 0.3) is 0 Å². The van der Waals surface area contributed by atoms with Gasteiger partial charge in [-0.1, -0.05) is 42.5 Å². The van der Waals surface area contributed by atoms with E-state index in [-0.39, 0.29) is 30.2 Å². The largest absolute Gasteiger partial charge is 0.354 e. The Morgan fingerprint density at radius 3 is 2.62 bits per heavy atom. The number of Topliss-reactive ketones (excluding diaryl/α,β-unsaturated/α-hetero) is 1. The maximum atomic E-state index is 12.9. The monoisotopic (exact) mass is 351 g/mol. The van der Waals surface area contributed by atoms with E-state index in [0.29, 0.717) is 24.3 Å². The first-order valence-electron chi connectivity index (χ1n) is 8.55. The molecule has 2 aromatic carbocycles. The number of ketones is 1. The lowest BCUT2D eigenvalue weighted by Gasteiger charge is -2.29. The number of hydrogen-bond acceptors (Lipinski definition) is 3. The minimum Gasteiger partial charge on any atom is -0.354 e. The molecule has 0 bridgehead atoms. The first-order chi connectivity index (χ1) is 12.5. The van der Waals surface area contributed by atoms with Crippen LogP contribution in [0.5, 0.6) is 0 Å². The molecule has 1 saturated heterocycles. The molecule has 0 aliphatic carbocycles. The zero-order valence-corrected chi connectivity index (χ0v) is 14.6. The van der Waals surface area contributed by atoms with Crippen molar-refractivity contribution in [3.05, 3.63) is 65.7 Å². The van der Waals surface area contributed by atoms with Gasteiger partial charge in [-0.2, -0.15) is 0 Å². The van der Waals surface area contributed by atoms with Crippen molar-refractivity contribution in [1.82, 2.24) is 10.2 Å². The molecule has 1 heterocycles. The molecule has 1 fully saturated rings. The fourth-order valence-electron chi connectivity index (χ4n) is 3.06. The number of nitrogens with one attached hydrogen (secondary N) is 2. The number of urea groups is 1. The van der Waals surface area contributed by atoms with Crippen molar-refractivity contribution in [3.8, 4) is 0 Å². The van der Waals surface area contributed by atoms with Crippen molar-refractivity contribution in [3.63, 3.8) is 0 Å². The summed E-state index contributed by atoms with van der Waals surface area (Å²) in [5.74, 6) is -0.138. The molecule has 2 N–H and O–H groups in total. The smallest absolute Gasteiger partial charge is 0.322 e. The molecule has 0 aromatic heterocycles. The number of amides is 3. The second kappa shape index (κ2) is 7.82.